The molecule has 0 unspecified atom stereocenters. The molecule has 3 aliphatic rings. The molecule has 7 nitrogen and oxygen atoms in total. The summed E-state index contributed by atoms with van der Waals surface area (Å²) >= 11 is 0. The first-order valence-electron chi connectivity index (χ1n) is 15.5. The van der Waals surface area contributed by atoms with Crippen molar-refractivity contribution in [1.82, 2.24) is 4.58 Å². The molecule has 45 heavy (non-hydrogen) atoms. The Bertz CT molecular complexity index is 2010. The van der Waals surface area contributed by atoms with Gasteiger partial charge in [0, 0.05) is 59.6 Å². The highest BCUT2D eigenvalue weighted by atomic mass is 16.5. The van der Waals surface area contributed by atoms with Gasteiger partial charge in [0.15, 0.2) is 5.54 Å². The average Bonchev–Trinajstić information content (AvgIpc) is 2.97. The van der Waals surface area contributed by atoms with Gasteiger partial charge in [-0.2, -0.15) is 0 Å². The van der Waals surface area contributed by atoms with E-state index in [4.69, 9.17) is 9.47 Å². The van der Waals surface area contributed by atoms with E-state index in [1.165, 1.54) is 13.2 Å². The van der Waals surface area contributed by atoms with Crippen molar-refractivity contribution in [3.8, 4) is 11.5 Å². The standard InChI is InChI=1S/C38H40N2O5/c1-10-39-30-17-32-28(15-25(30)21(3)19-37(39,5)6)34(24-13-12-23(36(43)44-9)14-27(24)35(41)42)29-16-26-22(4)20-38(7,8)40(11-2)31(26)18-33(29)45-32/h12-20H,10-11H2,1-9H3/p+1. The Morgan fingerprint density at radius 1 is 0.889 bits per heavy atom. The smallest absolute Gasteiger partial charge is 0.337 e. The molecule has 232 valence electrons. The van der Waals surface area contributed by atoms with E-state index in [1.54, 1.807) is 12.1 Å². The van der Waals surface area contributed by atoms with Crippen LogP contribution in [-0.4, -0.2) is 48.3 Å². The lowest BCUT2D eigenvalue weighted by Gasteiger charge is -2.43. The van der Waals surface area contributed by atoms with Crippen molar-refractivity contribution in [3.63, 3.8) is 0 Å². The van der Waals surface area contributed by atoms with Crippen LogP contribution in [0, 0.1) is 0 Å². The van der Waals surface area contributed by atoms with Crippen molar-refractivity contribution in [1.29, 1.82) is 0 Å². The fourth-order valence-corrected chi connectivity index (χ4v) is 7.66. The first kappa shape index (κ1) is 30.4. The van der Waals surface area contributed by atoms with Crippen LogP contribution in [0.1, 0.15) is 98.4 Å². The minimum absolute atomic E-state index is 0.0225. The van der Waals surface area contributed by atoms with E-state index in [9.17, 15) is 14.7 Å². The zero-order valence-corrected chi connectivity index (χ0v) is 27.6. The SMILES string of the molecule is CCN1c2cc3c(cc2C(C)=CC1(C)C)C(c1ccc(C(=O)OC)cc1C(=O)O)=c1cc2c(cc1O3)=[N+](CC)C(C)(C)C=C2C. The first-order valence-corrected chi connectivity index (χ1v) is 15.5. The predicted molar refractivity (Wildman–Crippen MR) is 179 cm³/mol. The number of ether oxygens (including phenoxy) is 2. The highest BCUT2D eigenvalue weighted by Gasteiger charge is 2.36. The third-order valence-electron chi connectivity index (χ3n) is 9.49. The largest absolute Gasteiger partial charge is 0.478 e. The number of hydrogen-bond acceptors (Lipinski definition) is 5. The number of nitrogens with zero attached hydrogens (tertiary/aromatic N) is 2. The maximum atomic E-state index is 12.8. The first-order chi connectivity index (χ1) is 21.2. The fourth-order valence-electron chi connectivity index (χ4n) is 7.66. The molecule has 3 aromatic carbocycles. The van der Waals surface area contributed by atoms with E-state index in [-0.39, 0.29) is 22.2 Å². The molecule has 1 N–H and O–H groups in total. The van der Waals surface area contributed by atoms with Gasteiger partial charge in [0.1, 0.15) is 18.0 Å². The zero-order valence-electron chi connectivity index (χ0n) is 27.6. The topological polar surface area (TPSA) is 79.1 Å². The number of fused-ring (bicyclic) bond motifs is 4. The monoisotopic (exact) mass is 605 g/mol. The Labute approximate surface area is 264 Å². The summed E-state index contributed by atoms with van der Waals surface area (Å²) in [6.45, 7) is 19.0. The molecule has 0 spiro atoms. The number of esters is 1. The van der Waals surface area contributed by atoms with Crippen LogP contribution in [0.15, 0.2) is 54.6 Å². The fraction of sp³-hybridized carbons (Fsp3) is 0.342. The molecule has 0 saturated heterocycles. The van der Waals surface area contributed by atoms with Crippen molar-refractivity contribution in [3.05, 3.63) is 98.6 Å². The van der Waals surface area contributed by atoms with Gasteiger partial charge in [-0.3, -0.25) is 0 Å². The van der Waals surface area contributed by atoms with Gasteiger partial charge >= 0.3 is 11.9 Å². The van der Waals surface area contributed by atoms with Crippen molar-refractivity contribution in [2.75, 3.05) is 25.1 Å². The number of carbonyl (C=O) groups is 2. The minimum atomic E-state index is -1.13. The van der Waals surface area contributed by atoms with Crippen LogP contribution in [-0.2, 0) is 4.74 Å². The summed E-state index contributed by atoms with van der Waals surface area (Å²) in [7, 11) is 1.29. The number of rotatable bonds is 5. The molecule has 6 rings (SSSR count). The Hall–Kier alpha value is -4.65. The van der Waals surface area contributed by atoms with E-state index >= 15 is 0 Å². The number of aromatic carboxylic acids is 1. The van der Waals surface area contributed by atoms with Crippen LogP contribution in [0.5, 0.6) is 11.5 Å². The van der Waals surface area contributed by atoms with Crippen molar-refractivity contribution in [2.45, 2.75) is 66.5 Å². The number of anilines is 1. The third-order valence-corrected chi connectivity index (χ3v) is 9.49. The molecule has 3 aliphatic heterocycles. The molecule has 3 heterocycles. The van der Waals surface area contributed by atoms with Gasteiger partial charge in [0.05, 0.1) is 29.8 Å². The second-order valence-corrected chi connectivity index (χ2v) is 13.2. The highest BCUT2D eigenvalue weighted by Crippen LogP contribution is 2.46. The van der Waals surface area contributed by atoms with E-state index in [2.05, 4.69) is 101 Å². The lowest BCUT2D eigenvalue weighted by molar-refractivity contribution is 0.0600. The molecule has 7 heteroatoms. The number of methoxy groups -OCH3 is 1. The Kier molecular flexibility index (Phi) is 7.07. The van der Waals surface area contributed by atoms with Gasteiger partial charge in [0.2, 0.25) is 5.36 Å². The lowest BCUT2D eigenvalue weighted by atomic mass is 9.83. The third kappa shape index (κ3) is 4.68. The van der Waals surface area contributed by atoms with Crippen LogP contribution in [0.2, 0.25) is 0 Å². The Morgan fingerprint density at radius 2 is 1.60 bits per heavy atom. The molecule has 0 aromatic heterocycles. The van der Waals surface area contributed by atoms with Gasteiger partial charge in [0.25, 0.3) is 0 Å². The molecule has 0 radical (unpaired) electrons. The molecule has 3 aromatic rings. The lowest BCUT2D eigenvalue weighted by Crippen LogP contribution is -2.49. The maximum Gasteiger partial charge on any atom is 0.337 e. The van der Waals surface area contributed by atoms with E-state index < -0.39 is 11.9 Å². The van der Waals surface area contributed by atoms with Crippen molar-refractivity contribution >= 4 is 34.3 Å². The van der Waals surface area contributed by atoms with Crippen LogP contribution >= 0.6 is 0 Å². The quantitative estimate of drug-likeness (QED) is 0.214. The second-order valence-electron chi connectivity index (χ2n) is 13.2. The molecular formula is C38H41N2O5+. The molecule has 0 amide bonds. The number of benzene rings is 3. The Balaban J connectivity index is 1.77. The zero-order chi connectivity index (χ0) is 32.6. The summed E-state index contributed by atoms with van der Waals surface area (Å²) in [6, 6.07) is 13.2. The summed E-state index contributed by atoms with van der Waals surface area (Å²) in [5, 5.41) is 12.3. The normalized spacial score (nSPS) is 17.2. The number of carboxylic acids is 1. The van der Waals surface area contributed by atoms with Crippen molar-refractivity contribution < 1.29 is 24.2 Å². The van der Waals surface area contributed by atoms with Crippen LogP contribution in [0.4, 0.5) is 5.69 Å². The number of carboxylic acid groups (broad SMARTS) is 1. The number of likely N-dealkylation sites (N-methyl/N-ethyl adjacent to an activating group) is 2. The molecule has 0 fully saturated rings. The molecular weight excluding hydrogens is 564 g/mol. The van der Waals surface area contributed by atoms with Crippen LogP contribution < -0.4 is 24.8 Å². The summed E-state index contributed by atoms with van der Waals surface area (Å²) in [4.78, 5) is 27.6. The van der Waals surface area contributed by atoms with E-state index in [1.807, 2.05) is 0 Å². The van der Waals surface area contributed by atoms with Gasteiger partial charge < -0.3 is 19.5 Å². The van der Waals surface area contributed by atoms with Gasteiger partial charge in [-0.25, -0.2) is 14.2 Å². The summed E-state index contributed by atoms with van der Waals surface area (Å²) in [6.07, 6.45) is 4.56. The van der Waals surface area contributed by atoms with Gasteiger partial charge in [-0.1, -0.05) is 12.1 Å². The van der Waals surface area contributed by atoms with Crippen molar-refractivity contribution in [2.24, 2.45) is 0 Å². The molecule has 0 aliphatic carbocycles. The Morgan fingerprint density at radius 3 is 2.24 bits per heavy atom. The highest BCUT2D eigenvalue weighted by molar-refractivity contribution is 6.02. The van der Waals surface area contributed by atoms with Crippen LogP contribution in [0.25, 0.3) is 16.7 Å². The molecule has 0 atom stereocenters. The maximum absolute atomic E-state index is 12.8. The van der Waals surface area contributed by atoms with Gasteiger partial charge in [-0.05, 0) is 88.6 Å². The number of allylic oxidation sites excluding steroid dienone is 2. The van der Waals surface area contributed by atoms with E-state index in [0.29, 0.717) is 17.1 Å². The average molecular weight is 606 g/mol. The summed E-state index contributed by atoms with van der Waals surface area (Å²) in [5.41, 5.74) is 7.45. The van der Waals surface area contributed by atoms with Crippen LogP contribution in [0.3, 0.4) is 0 Å². The summed E-state index contributed by atoms with van der Waals surface area (Å²) in [5.74, 6) is -0.382. The molecule has 0 bridgehead atoms. The minimum Gasteiger partial charge on any atom is -0.478 e. The number of carbonyl (C=O) groups excluding carboxylic acids is 1. The number of hydrogen-bond donors (Lipinski definition) is 1. The van der Waals surface area contributed by atoms with E-state index in [0.717, 1.165) is 62.8 Å². The summed E-state index contributed by atoms with van der Waals surface area (Å²) < 4.78 is 14.1. The predicted octanol–water partition coefficient (Wildman–Crippen LogP) is 6.25. The molecule has 0 saturated carbocycles. The second kappa shape index (κ2) is 10.5. The van der Waals surface area contributed by atoms with Gasteiger partial charge in [-0.15, -0.1) is 0 Å².